The normalized spacial score (nSPS) is 10.6. The summed E-state index contributed by atoms with van der Waals surface area (Å²) >= 11 is 1.14. The minimum Gasteiger partial charge on any atom is -0.467 e. The van der Waals surface area contributed by atoms with Gasteiger partial charge in [-0.15, -0.1) is 0 Å². The van der Waals surface area contributed by atoms with Crippen LogP contribution in [0.1, 0.15) is 34.0 Å². The second-order valence-corrected chi connectivity index (χ2v) is 8.08. The maximum atomic E-state index is 12.5. The second kappa shape index (κ2) is 10.2. The zero-order valence-electron chi connectivity index (χ0n) is 18.3. The van der Waals surface area contributed by atoms with Crippen molar-refractivity contribution >= 4 is 29.5 Å². The molecule has 0 aliphatic heterocycles. The van der Waals surface area contributed by atoms with Crippen molar-refractivity contribution in [3.05, 3.63) is 58.4 Å². The summed E-state index contributed by atoms with van der Waals surface area (Å²) in [5.41, 5.74) is 3.57. The van der Waals surface area contributed by atoms with Crippen molar-refractivity contribution in [2.75, 3.05) is 17.7 Å². The highest BCUT2D eigenvalue weighted by Gasteiger charge is 2.21. The Morgan fingerprint density at radius 3 is 2.59 bits per heavy atom. The lowest BCUT2D eigenvalue weighted by Gasteiger charge is -2.12. The van der Waals surface area contributed by atoms with Crippen molar-refractivity contribution in [1.29, 1.82) is 5.26 Å². The Morgan fingerprint density at radius 1 is 1.25 bits per heavy atom. The average molecular weight is 454 g/mol. The molecule has 166 valence electrons. The molecule has 0 bridgehead atoms. The van der Waals surface area contributed by atoms with Gasteiger partial charge in [-0.1, -0.05) is 11.8 Å². The minimum atomic E-state index is -0.563. The Kier molecular flexibility index (Phi) is 7.33. The molecule has 0 aliphatic carbocycles. The Morgan fingerprint density at radius 2 is 1.97 bits per heavy atom. The maximum Gasteiger partial charge on any atom is 0.316 e. The van der Waals surface area contributed by atoms with Crippen LogP contribution in [-0.4, -0.2) is 38.8 Å². The smallest absolute Gasteiger partial charge is 0.316 e. The van der Waals surface area contributed by atoms with E-state index in [0.29, 0.717) is 28.8 Å². The molecule has 1 amide bonds. The van der Waals surface area contributed by atoms with Crippen LogP contribution in [0.4, 0.5) is 5.82 Å². The lowest BCUT2D eigenvalue weighted by Crippen LogP contribution is -2.23. The van der Waals surface area contributed by atoms with E-state index >= 15 is 0 Å². The Bertz CT molecular complexity index is 1160. The molecule has 9 nitrogen and oxygen atoms in total. The lowest BCUT2D eigenvalue weighted by atomic mass is 10.2. The van der Waals surface area contributed by atoms with Crippen molar-refractivity contribution in [2.24, 2.45) is 0 Å². The lowest BCUT2D eigenvalue weighted by molar-refractivity contribution is -0.144. The van der Waals surface area contributed by atoms with E-state index in [0.717, 1.165) is 34.4 Å². The molecular weight excluding hydrogens is 430 g/mol. The van der Waals surface area contributed by atoms with Crippen LogP contribution in [0.25, 0.3) is 0 Å². The van der Waals surface area contributed by atoms with Crippen LogP contribution in [0.2, 0.25) is 0 Å². The molecule has 0 aliphatic rings. The molecule has 0 saturated carbocycles. The van der Waals surface area contributed by atoms with E-state index in [1.165, 1.54) is 0 Å². The number of aryl methyl sites for hydroxylation is 2. The number of thioether (sulfide) groups is 1. The van der Waals surface area contributed by atoms with Gasteiger partial charge >= 0.3 is 5.97 Å². The van der Waals surface area contributed by atoms with Crippen molar-refractivity contribution in [3.63, 3.8) is 0 Å². The first-order valence-electron chi connectivity index (χ1n) is 9.81. The van der Waals surface area contributed by atoms with Gasteiger partial charge in [-0.3, -0.25) is 9.59 Å². The highest BCUT2D eigenvalue weighted by atomic mass is 32.2. The Balaban J connectivity index is 1.61. The summed E-state index contributed by atoms with van der Waals surface area (Å²) in [6.45, 7) is 7.25. The van der Waals surface area contributed by atoms with Crippen LogP contribution in [-0.2, 0) is 20.9 Å². The van der Waals surface area contributed by atoms with E-state index in [-0.39, 0.29) is 5.75 Å². The Hall–Kier alpha value is -3.58. The SMILES string of the molecule is Cc1cc(C)nc(SCC(=O)OCC(=O)Nc2c(C#N)c(C)c(C)n2Cc2ccco2)n1. The van der Waals surface area contributed by atoms with Crippen molar-refractivity contribution in [1.82, 2.24) is 14.5 Å². The molecule has 0 spiro atoms. The number of ether oxygens (including phenoxy) is 1. The third-order valence-corrected chi connectivity index (χ3v) is 5.56. The number of esters is 1. The predicted octanol–water partition coefficient (Wildman–Crippen LogP) is 3.30. The zero-order valence-corrected chi connectivity index (χ0v) is 19.1. The first-order chi connectivity index (χ1) is 15.3. The molecule has 0 radical (unpaired) electrons. The summed E-state index contributed by atoms with van der Waals surface area (Å²) < 4.78 is 12.3. The van der Waals surface area contributed by atoms with Gasteiger partial charge in [0.2, 0.25) is 0 Å². The van der Waals surface area contributed by atoms with E-state index in [4.69, 9.17) is 9.15 Å². The van der Waals surface area contributed by atoms with Crippen molar-refractivity contribution in [3.8, 4) is 6.07 Å². The van der Waals surface area contributed by atoms with Gasteiger partial charge < -0.3 is 19.0 Å². The van der Waals surface area contributed by atoms with Gasteiger partial charge in [0.15, 0.2) is 11.8 Å². The van der Waals surface area contributed by atoms with Crippen LogP contribution < -0.4 is 5.32 Å². The number of nitrogens with one attached hydrogen (secondary N) is 1. The monoisotopic (exact) mass is 453 g/mol. The third-order valence-electron chi connectivity index (χ3n) is 4.74. The largest absolute Gasteiger partial charge is 0.467 e. The van der Waals surface area contributed by atoms with Crippen LogP contribution in [0.15, 0.2) is 34.0 Å². The fraction of sp³-hybridized carbons (Fsp3) is 0.318. The first-order valence-corrected chi connectivity index (χ1v) is 10.8. The molecule has 0 saturated heterocycles. The van der Waals surface area contributed by atoms with E-state index in [2.05, 4.69) is 21.4 Å². The zero-order chi connectivity index (χ0) is 23.3. The summed E-state index contributed by atoms with van der Waals surface area (Å²) in [6, 6.07) is 7.55. The van der Waals surface area contributed by atoms with Crippen molar-refractivity contribution < 1.29 is 18.7 Å². The average Bonchev–Trinajstić information content (AvgIpc) is 3.33. The van der Waals surface area contributed by atoms with E-state index in [9.17, 15) is 14.9 Å². The van der Waals surface area contributed by atoms with Crippen LogP contribution in [0.5, 0.6) is 0 Å². The molecule has 0 aromatic carbocycles. The number of nitrogens with zero attached hydrogens (tertiary/aromatic N) is 4. The first kappa shape index (κ1) is 23.1. The van der Waals surface area contributed by atoms with Crippen LogP contribution in [0, 0.1) is 39.0 Å². The van der Waals surface area contributed by atoms with Crippen LogP contribution in [0.3, 0.4) is 0 Å². The number of aromatic nitrogens is 3. The van der Waals surface area contributed by atoms with Gasteiger partial charge in [-0.2, -0.15) is 5.26 Å². The number of hydrogen-bond acceptors (Lipinski definition) is 8. The van der Waals surface area contributed by atoms with Gasteiger partial charge in [0.05, 0.1) is 24.1 Å². The number of furan rings is 1. The molecule has 1 N–H and O–H groups in total. The number of carbonyl (C=O) groups excluding carboxylic acids is 2. The van der Waals surface area contributed by atoms with Crippen molar-refractivity contribution in [2.45, 2.75) is 39.4 Å². The Labute approximate surface area is 189 Å². The molecule has 0 atom stereocenters. The number of anilines is 1. The van der Waals surface area contributed by atoms with E-state index in [1.807, 2.05) is 39.8 Å². The van der Waals surface area contributed by atoms with E-state index in [1.54, 1.807) is 16.9 Å². The number of hydrogen-bond donors (Lipinski definition) is 1. The summed E-state index contributed by atoms with van der Waals surface area (Å²) in [7, 11) is 0. The third kappa shape index (κ3) is 5.56. The summed E-state index contributed by atoms with van der Waals surface area (Å²) in [5, 5.41) is 12.7. The molecule has 0 unspecified atom stereocenters. The van der Waals surface area contributed by atoms with E-state index < -0.39 is 18.5 Å². The fourth-order valence-electron chi connectivity index (χ4n) is 3.12. The van der Waals surface area contributed by atoms with Gasteiger partial charge in [-0.05, 0) is 51.5 Å². The molecule has 3 heterocycles. The number of amides is 1. The maximum absolute atomic E-state index is 12.5. The van der Waals surface area contributed by atoms with Gasteiger partial charge in [-0.25, -0.2) is 9.97 Å². The summed E-state index contributed by atoms with van der Waals surface area (Å²) in [6.07, 6.45) is 1.56. The van der Waals surface area contributed by atoms with Crippen LogP contribution >= 0.6 is 11.8 Å². The quantitative estimate of drug-likeness (QED) is 0.313. The number of carbonyl (C=O) groups is 2. The molecule has 3 rings (SSSR count). The highest BCUT2D eigenvalue weighted by Crippen LogP contribution is 2.27. The minimum absolute atomic E-state index is 0.0211. The molecule has 0 fully saturated rings. The molecule has 32 heavy (non-hydrogen) atoms. The fourth-order valence-corrected chi connectivity index (χ4v) is 3.87. The van der Waals surface area contributed by atoms with Gasteiger partial charge in [0, 0.05) is 17.1 Å². The van der Waals surface area contributed by atoms with Gasteiger partial charge in [0.1, 0.15) is 17.6 Å². The van der Waals surface area contributed by atoms with Gasteiger partial charge in [0.25, 0.3) is 5.91 Å². The second-order valence-electron chi connectivity index (χ2n) is 7.14. The molecule has 10 heteroatoms. The topological polar surface area (TPSA) is 123 Å². The standard InChI is InChI=1S/C22H23N5O4S/c1-13-8-14(2)25-22(24-13)32-12-20(29)31-11-19(28)26-21-18(9-23)15(3)16(4)27(21)10-17-6-5-7-30-17/h5-8H,10-12H2,1-4H3,(H,26,28). The predicted molar refractivity (Wildman–Crippen MR) is 118 cm³/mol. The number of nitriles is 1. The highest BCUT2D eigenvalue weighted by molar-refractivity contribution is 7.99. The summed E-state index contributed by atoms with van der Waals surface area (Å²) in [5.74, 6) is -0.0993. The molecule has 3 aromatic heterocycles. The number of rotatable bonds is 8. The summed E-state index contributed by atoms with van der Waals surface area (Å²) in [4.78, 5) is 33.0. The molecule has 3 aromatic rings. The molecular formula is C22H23N5O4S.